The maximum atomic E-state index is 11.7. The first-order valence-electron chi connectivity index (χ1n) is 9.54. The molecule has 164 valence electrons. The van der Waals surface area contributed by atoms with Crippen LogP contribution in [0, 0.1) is 10.8 Å². The summed E-state index contributed by atoms with van der Waals surface area (Å²) in [5.41, 5.74) is -2.35. The lowest BCUT2D eigenvalue weighted by atomic mass is 9.56. The van der Waals surface area contributed by atoms with Crippen LogP contribution in [0.3, 0.4) is 0 Å². The molecule has 3 atom stereocenters. The summed E-state index contributed by atoms with van der Waals surface area (Å²) in [5, 5.41) is 45.8. The van der Waals surface area contributed by atoms with Crippen molar-refractivity contribution in [3.05, 3.63) is 35.9 Å². The molecular formula is C21H34N2O6. The zero-order valence-corrected chi connectivity index (χ0v) is 17.9. The molecule has 0 saturated carbocycles. The van der Waals surface area contributed by atoms with E-state index in [1.54, 1.807) is 65.8 Å². The van der Waals surface area contributed by atoms with Gasteiger partial charge in [0.15, 0.2) is 0 Å². The van der Waals surface area contributed by atoms with Crippen molar-refractivity contribution in [3.8, 4) is 0 Å². The highest BCUT2D eigenvalue weighted by atomic mass is 16.4. The number of hydrogen-bond acceptors (Lipinski definition) is 4. The van der Waals surface area contributed by atoms with Crippen LogP contribution in [0.5, 0.6) is 0 Å². The molecule has 0 aromatic heterocycles. The third-order valence-electron chi connectivity index (χ3n) is 5.46. The van der Waals surface area contributed by atoms with Crippen LogP contribution in [0.2, 0.25) is 0 Å². The molecule has 0 radical (unpaired) electrons. The Morgan fingerprint density at radius 2 is 1.38 bits per heavy atom. The molecule has 29 heavy (non-hydrogen) atoms. The average molecular weight is 411 g/mol. The van der Waals surface area contributed by atoms with E-state index in [0.717, 1.165) is 5.56 Å². The lowest BCUT2D eigenvalue weighted by Crippen LogP contribution is -2.74. The third-order valence-corrected chi connectivity index (χ3v) is 5.46. The normalized spacial score (nSPS) is 15.9. The van der Waals surface area contributed by atoms with E-state index < -0.39 is 46.8 Å². The number of benzene rings is 1. The van der Waals surface area contributed by atoms with Crippen molar-refractivity contribution in [1.29, 1.82) is 0 Å². The molecule has 0 aliphatic heterocycles. The number of aliphatic hydroxyl groups is 2. The van der Waals surface area contributed by atoms with Gasteiger partial charge in [0.25, 0.3) is 0 Å². The van der Waals surface area contributed by atoms with Gasteiger partial charge in [-0.2, -0.15) is 0 Å². The van der Waals surface area contributed by atoms with Crippen LogP contribution in [-0.2, 0) is 6.42 Å². The Kier molecular flexibility index (Phi) is 7.67. The van der Waals surface area contributed by atoms with Crippen molar-refractivity contribution in [2.24, 2.45) is 10.8 Å². The molecule has 1 aromatic carbocycles. The smallest absolute Gasteiger partial charge is 0.405 e. The van der Waals surface area contributed by atoms with E-state index in [-0.39, 0.29) is 6.42 Å². The van der Waals surface area contributed by atoms with Crippen molar-refractivity contribution in [2.75, 3.05) is 0 Å². The topological polar surface area (TPSA) is 139 Å². The first-order chi connectivity index (χ1) is 13.1. The monoisotopic (exact) mass is 410 g/mol. The molecule has 8 heteroatoms. The Hall–Kier alpha value is -2.32. The van der Waals surface area contributed by atoms with E-state index in [0.29, 0.717) is 0 Å². The maximum absolute atomic E-state index is 11.7. The molecule has 1 aromatic rings. The first-order valence-corrected chi connectivity index (χ1v) is 9.54. The molecular weight excluding hydrogens is 376 g/mol. The van der Waals surface area contributed by atoms with Crippen molar-refractivity contribution >= 4 is 12.2 Å². The number of carbonyl (C=O) groups is 2. The van der Waals surface area contributed by atoms with Crippen LogP contribution in [-0.4, -0.2) is 56.4 Å². The summed E-state index contributed by atoms with van der Waals surface area (Å²) < 4.78 is 0. The Morgan fingerprint density at radius 3 is 1.76 bits per heavy atom. The molecule has 8 nitrogen and oxygen atoms in total. The van der Waals surface area contributed by atoms with Crippen LogP contribution in [0.25, 0.3) is 0 Å². The van der Waals surface area contributed by atoms with Gasteiger partial charge in [-0.05, 0) is 22.8 Å². The number of nitrogens with one attached hydrogen (secondary N) is 2. The van der Waals surface area contributed by atoms with E-state index in [9.17, 15) is 30.0 Å². The molecule has 0 aliphatic carbocycles. The van der Waals surface area contributed by atoms with E-state index in [2.05, 4.69) is 10.6 Å². The maximum Gasteiger partial charge on any atom is 0.405 e. The zero-order valence-electron chi connectivity index (χ0n) is 17.9. The Balaban J connectivity index is 3.44. The average Bonchev–Trinajstić information content (AvgIpc) is 2.56. The van der Waals surface area contributed by atoms with Crippen LogP contribution in [0.4, 0.5) is 9.59 Å². The lowest BCUT2D eigenvalue weighted by molar-refractivity contribution is -0.130. The van der Waals surface area contributed by atoms with Crippen LogP contribution < -0.4 is 10.6 Å². The highest BCUT2D eigenvalue weighted by Crippen LogP contribution is 2.47. The second-order valence-electron chi connectivity index (χ2n) is 9.42. The number of rotatable bonds is 7. The van der Waals surface area contributed by atoms with Gasteiger partial charge in [0.2, 0.25) is 0 Å². The second kappa shape index (κ2) is 9.00. The van der Waals surface area contributed by atoms with Gasteiger partial charge < -0.3 is 31.1 Å². The summed E-state index contributed by atoms with van der Waals surface area (Å²) in [5.74, 6) is 0. The molecule has 0 saturated heterocycles. The van der Waals surface area contributed by atoms with Gasteiger partial charge in [0, 0.05) is 0 Å². The standard InChI is InChI=1S/C21H34N2O6/c1-19(2,3)21(20(4,5)6,23-18(28)29)16(25)15(24)14(22-17(26)27)12-13-10-8-7-9-11-13/h7-11,14-16,22-25H,12H2,1-6H3,(H,26,27)(H,28,29). The minimum absolute atomic E-state index is 0.128. The lowest BCUT2D eigenvalue weighted by Gasteiger charge is -2.57. The second-order valence-corrected chi connectivity index (χ2v) is 9.42. The third kappa shape index (κ3) is 5.61. The predicted octanol–water partition coefficient (Wildman–Crippen LogP) is 2.69. The van der Waals surface area contributed by atoms with Crippen molar-refractivity contribution in [3.63, 3.8) is 0 Å². The fourth-order valence-corrected chi connectivity index (χ4v) is 4.39. The fourth-order valence-electron chi connectivity index (χ4n) is 4.39. The van der Waals surface area contributed by atoms with Gasteiger partial charge in [-0.25, -0.2) is 9.59 Å². The Labute approximate surface area is 172 Å². The number of hydrogen-bond donors (Lipinski definition) is 6. The number of carboxylic acid groups (broad SMARTS) is 2. The van der Waals surface area contributed by atoms with Crippen LogP contribution in [0.15, 0.2) is 30.3 Å². The minimum atomic E-state index is -1.60. The van der Waals surface area contributed by atoms with Crippen molar-refractivity contribution < 1.29 is 30.0 Å². The summed E-state index contributed by atoms with van der Waals surface area (Å²) >= 11 is 0. The summed E-state index contributed by atoms with van der Waals surface area (Å²) in [6.45, 7) is 10.6. The fraction of sp³-hybridized carbons (Fsp3) is 0.619. The van der Waals surface area contributed by atoms with Gasteiger partial charge in [0.05, 0.1) is 11.6 Å². The first kappa shape index (κ1) is 24.7. The molecule has 6 N–H and O–H groups in total. The van der Waals surface area contributed by atoms with Crippen molar-refractivity contribution in [1.82, 2.24) is 10.6 Å². The quantitative estimate of drug-likeness (QED) is 0.408. The highest BCUT2D eigenvalue weighted by molar-refractivity contribution is 5.66. The van der Waals surface area contributed by atoms with E-state index >= 15 is 0 Å². The van der Waals surface area contributed by atoms with Crippen molar-refractivity contribution in [2.45, 2.75) is 71.8 Å². The van der Waals surface area contributed by atoms with Gasteiger partial charge in [-0.15, -0.1) is 0 Å². The summed E-state index contributed by atoms with van der Waals surface area (Å²) in [6.07, 6.45) is -5.73. The largest absolute Gasteiger partial charge is 0.465 e. The van der Waals surface area contributed by atoms with Gasteiger partial charge in [-0.1, -0.05) is 71.9 Å². The predicted molar refractivity (Wildman–Crippen MR) is 110 cm³/mol. The van der Waals surface area contributed by atoms with Crippen LogP contribution in [0.1, 0.15) is 47.1 Å². The molecule has 0 spiro atoms. The minimum Gasteiger partial charge on any atom is -0.465 e. The molecule has 0 heterocycles. The molecule has 1 rings (SSSR count). The van der Waals surface area contributed by atoms with Gasteiger partial charge in [-0.3, -0.25) is 0 Å². The van der Waals surface area contributed by atoms with E-state index in [1.807, 2.05) is 6.07 Å². The zero-order chi connectivity index (χ0) is 22.6. The highest BCUT2D eigenvalue weighted by Gasteiger charge is 2.59. The number of amides is 2. The van der Waals surface area contributed by atoms with Gasteiger partial charge in [0.1, 0.15) is 12.2 Å². The SMILES string of the molecule is CC(C)(C)C(NC(=O)O)(C(O)C(O)C(Cc1ccccc1)NC(=O)O)C(C)(C)C. The molecule has 0 bridgehead atoms. The Morgan fingerprint density at radius 1 is 0.897 bits per heavy atom. The molecule has 3 unspecified atom stereocenters. The number of aliphatic hydroxyl groups excluding tert-OH is 2. The van der Waals surface area contributed by atoms with Gasteiger partial charge >= 0.3 is 12.2 Å². The molecule has 0 fully saturated rings. The Bertz CT molecular complexity index is 679. The van der Waals surface area contributed by atoms with E-state index in [4.69, 9.17) is 0 Å². The molecule has 0 aliphatic rings. The molecule has 2 amide bonds. The summed E-state index contributed by atoms with van der Waals surface area (Å²) in [4.78, 5) is 23.0. The van der Waals surface area contributed by atoms with Crippen LogP contribution >= 0.6 is 0 Å². The summed E-state index contributed by atoms with van der Waals surface area (Å²) in [7, 11) is 0. The van der Waals surface area contributed by atoms with E-state index in [1.165, 1.54) is 0 Å². The summed E-state index contributed by atoms with van der Waals surface area (Å²) in [6, 6.07) is 7.91.